The fourth-order valence-corrected chi connectivity index (χ4v) is 2.20. The summed E-state index contributed by atoms with van der Waals surface area (Å²) in [6.07, 6.45) is 2.82. The van der Waals surface area contributed by atoms with Crippen molar-refractivity contribution >= 4 is 5.69 Å². The SMILES string of the molecule is Cc1cc(N(C)Cc2cccnc2)c([C@H](C)O)cc1F. The molecular formula is C16H19FN2O. The fraction of sp³-hybridized carbons (Fsp3) is 0.312. The lowest BCUT2D eigenvalue weighted by Crippen LogP contribution is -2.19. The first-order valence-corrected chi connectivity index (χ1v) is 6.57. The van der Waals surface area contributed by atoms with Crippen LogP contribution >= 0.6 is 0 Å². The van der Waals surface area contributed by atoms with Gasteiger partial charge in [-0.25, -0.2) is 4.39 Å². The van der Waals surface area contributed by atoms with Crippen LogP contribution in [0.2, 0.25) is 0 Å². The zero-order valence-electron chi connectivity index (χ0n) is 12.0. The van der Waals surface area contributed by atoms with Gasteiger partial charge in [0.15, 0.2) is 0 Å². The van der Waals surface area contributed by atoms with Crippen LogP contribution in [0.3, 0.4) is 0 Å². The number of aliphatic hydroxyl groups excluding tert-OH is 1. The average Bonchev–Trinajstić information content (AvgIpc) is 2.42. The molecule has 20 heavy (non-hydrogen) atoms. The third kappa shape index (κ3) is 3.14. The molecule has 2 aromatic rings. The number of halogens is 1. The minimum atomic E-state index is -0.712. The highest BCUT2D eigenvalue weighted by atomic mass is 19.1. The van der Waals surface area contributed by atoms with Crippen LogP contribution in [0, 0.1) is 12.7 Å². The first-order valence-electron chi connectivity index (χ1n) is 6.57. The highest BCUT2D eigenvalue weighted by Crippen LogP contribution is 2.29. The first kappa shape index (κ1) is 14.5. The number of pyridine rings is 1. The Balaban J connectivity index is 2.33. The molecule has 0 unspecified atom stereocenters. The number of hydrogen-bond acceptors (Lipinski definition) is 3. The molecule has 0 aliphatic heterocycles. The summed E-state index contributed by atoms with van der Waals surface area (Å²) in [5, 5.41) is 9.83. The average molecular weight is 274 g/mol. The van der Waals surface area contributed by atoms with Crippen LogP contribution < -0.4 is 4.90 Å². The summed E-state index contributed by atoms with van der Waals surface area (Å²) in [6.45, 7) is 4.02. The Labute approximate surface area is 118 Å². The Bertz CT molecular complexity index is 585. The quantitative estimate of drug-likeness (QED) is 0.930. The summed E-state index contributed by atoms with van der Waals surface area (Å²) >= 11 is 0. The monoisotopic (exact) mass is 274 g/mol. The number of benzene rings is 1. The van der Waals surface area contributed by atoms with Crippen molar-refractivity contribution in [2.24, 2.45) is 0 Å². The van der Waals surface area contributed by atoms with Crippen LogP contribution in [0.4, 0.5) is 10.1 Å². The Hall–Kier alpha value is -1.94. The topological polar surface area (TPSA) is 36.4 Å². The molecular weight excluding hydrogens is 255 g/mol. The van der Waals surface area contributed by atoms with Crippen molar-refractivity contribution in [3.05, 3.63) is 59.2 Å². The first-order chi connectivity index (χ1) is 9.49. The molecule has 3 nitrogen and oxygen atoms in total. The van der Waals surface area contributed by atoms with Gasteiger partial charge >= 0.3 is 0 Å². The molecule has 1 aromatic heterocycles. The van der Waals surface area contributed by atoms with Gasteiger partial charge in [-0.1, -0.05) is 6.07 Å². The highest BCUT2D eigenvalue weighted by Gasteiger charge is 2.15. The Morgan fingerprint density at radius 1 is 1.40 bits per heavy atom. The Morgan fingerprint density at radius 3 is 2.75 bits per heavy atom. The van der Waals surface area contributed by atoms with E-state index in [1.165, 1.54) is 6.07 Å². The second-order valence-corrected chi connectivity index (χ2v) is 5.05. The maximum atomic E-state index is 13.7. The summed E-state index contributed by atoms with van der Waals surface area (Å²) in [5.74, 6) is -0.292. The minimum absolute atomic E-state index is 0.292. The number of nitrogens with zero attached hydrogens (tertiary/aromatic N) is 2. The van der Waals surface area contributed by atoms with E-state index in [-0.39, 0.29) is 5.82 Å². The van der Waals surface area contributed by atoms with Crippen LogP contribution in [0.5, 0.6) is 0 Å². The molecule has 0 radical (unpaired) electrons. The van der Waals surface area contributed by atoms with Gasteiger partial charge in [-0.3, -0.25) is 4.98 Å². The molecule has 0 spiro atoms. The molecule has 2 rings (SSSR count). The van der Waals surface area contributed by atoms with E-state index in [0.29, 0.717) is 17.7 Å². The summed E-state index contributed by atoms with van der Waals surface area (Å²) in [6, 6.07) is 7.05. The molecule has 4 heteroatoms. The van der Waals surface area contributed by atoms with Crippen LogP contribution in [-0.2, 0) is 6.54 Å². The molecule has 106 valence electrons. The summed E-state index contributed by atoms with van der Waals surface area (Å²) in [4.78, 5) is 6.08. The number of aromatic nitrogens is 1. The van der Waals surface area contributed by atoms with Crippen molar-refractivity contribution in [2.75, 3.05) is 11.9 Å². The largest absolute Gasteiger partial charge is 0.389 e. The Kier molecular flexibility index (Phi) is 4.35. The van der Waals surface area contributed by atoms with Crippen molar-refractivity contribution in [3.8, 4) is 0 Å². The van der Waals surface area contributed by atoms with Crippen molar-refractivity contribution in [3.63, 3.8) is 0 Å². The maximum Gasteiger partial charge on any atom is 0.126 e. The van der Waals surface area contributed by atoms with E-state index in [4.69, 9.17) is 0 Å². The predicted octanol–water partition coefficient (Wildman–Crippen LogP) is 3.22. The van der Waals surface area contributed by atoms with E-state index in [0.717, 1.165) is 11.3 Å². The lowest BCUT2D eigenvalue weighted by atomic mass is 10.0. The summed E-state index contributed by atoms with van der Waals surface area (Å²) in [5.41, 5.74) is 3.07. The molecule has 0 bridgehead atoms. The molecule has 1 atom stereocenters. The highest BCUT2D eigenvalue weighted by molar-refractivity contribution is 5.56. The number of aryl methyl sites for hydroxylation is 1. The van der Waals surface area contributed by atoms with E-state index in [9.17, 15) is 9.50 Å². The molecule has 0 fully saturated rings. The van der Waals surface area contributed by atoms with Crippen LogP contribution in [0.25, 0.3) is 0 Å². The van der Waals surface area contributed by atoms with Crippen molar-refractivity contribution in [1.29, 1.82) is 0 Å². The van der Waals surface area contributed by atoms with E-state index in [1.807, 2.05) is 24.1 Å². The number of rotatable bonds is 4. The molecule has 0 aliphatic carbocycles. The lowest BCUT2D eigenvalue weighted by molar-refractivity contribution is 0.199. The van der Waals surface area contributed by atoms with Gasteiger partial charge < -0.3 is 10.0 Å². The van der Waals surface area contributed by atoms with Gasteiger partial charge in [0.25, 0.3) is 0 Å². The zero-order valence-corrected chi connectivity index (χ0v) is 12.0. The molecule has 1 N–H and O–H groups in total. The lowest BCUT2D eigenvalue weighted by Gasteiger charge is -2.24. The number of aliphatic hydroxyl groups is 1. The maximum absolute atomic E-state index is 13.7. The van der Waals surface area contributed by atoms with Gasteiger partial charge in [-0.2, -0.15) is 0 Å². The number of hydrogen-bond donors (Lipinski definition) is 1. The minimum Gasteiger partial charge on any atom is -0.389 e. The molecule has 0 amide bonds. The molecule has 1 heterocycles. The second kappa shape index (κ2) is 6.01. The van der Waals surface area contributed by atoms with Crippen molar-refractivity contribution in [1.82, 2.24) is 4.98 Å². The van der Waals surface area contributed by atoms with Crippen LogP contribution in [0.15, 0.2) is 36.7 Å². The molecule has 0 saturated heterocycles. The summed E-state index contributed by atoms with van der Waals surface area (Å²) < 4.78 is 13.7. The Morgan fingerprint density at radius 2 is 2.15 bits per heavy atom. The smallest absolute Gasteiger partial charge is 0.126 e. The van der Waals surface area contributed by atoms with E-state index in [1.54, 1.807) is 32.3 Å². The fourth-order valence-electron chi connectivity index (χ4n) is 2.20. The molecule has 0 aliphatic rings. The van der Waals surface area contributed by atoms with Crippen molar-refractivity contribution < 1.29 is 9.50 Å². The van der Waals surface area contributed by atoms with E-state index in [2.05, 4.69) is 4.98 Å². The van der Waals surface area contributed by atoms with E-state index >= 15 is 0 Å². The molecule has 1 aromatic carbocycles. The van der Waals surface area contributed by atoms with Crippen LogP contribution in [-0.4, -0.2) is 17.1 Å². The van der Waals surface area contributed by atoms with Crippen LogP contribution in [0.1, 0.15) is 29.7 Å². The van der Waals surface area contributed by atoms with E-state index < -0.39 is 6.10 Å². The van der Waals surface area contributed by atoms with Gasteiger partial charge in [0, 0.05) is 37.2 Å². The molecule has 0 saturated carbocycles. The zero-order chi connectivity index (χ0) is 14.7. The predicted molar refractivity (Wildman–Crippen MR) is 78.1 cm³/mol. The van der Waals surface area contributed by atoms with Gasteiger partial charge in [0.05, 0.1) is 6.10 Å². The third-order valence-corrected chi connectivity index (χ3v) is 3.31. The normalized spacial score (nSPS) is 12.2. The second-order valence-electron chi connectivity index (χ2n) is 5.05. The van der Waals surface area contributed by atoms with Crippen molar-refractivity contribution in [2.45, 2.75) is 26.5 Å². The standard InChI is InChI=1S/C16H19FN2O/c1-11-7-16(14(12(2)20)8-15(11)17)19(3)10-13-5-4-6-18-9-13/h4-9,12,20H,10H2,1-3H3/t12-/m0/s1. The third-order valence-electron chi connectivity index (χ3n) is 3.31. The van der Waals surface area contributed by atoms with Gasteiger partial charge in [0.1, 0.15) is 5.82 Å². The van der Waals surface area contributed by atoms with Gasteiger partial charge in [-0.05, 0) is 43.2 Å². The summed E-state index contributed by atoms with van der Waals surface area (Å²) in [7, 11) is 1.92. The number of anilines is 1. The van der Waals surface area contributed by atoms with Gasteiger partial charge in [-0.15, -0.1) is 0 Å². The van der Waals surface area contributed by atoms with Gasteiger partial charge in [0.2, 0.25) is 0 Å².